The fraction of sp³-hybridized carbons (Fsp3) is 0.273. The van der Waals surface area contributed by atoms with Gasteiger partial charge in [0.15, 0.2) is 5.17 Å². The second kappa shape index (κ2) is 8.29. The maximum Gasteiger partial charge on any atom is 0.286 e. The normalized spacial score (nSPS) is 18.7. The summed E-state index contributed by atoms with van der Waals surface area (Å²) in [4.78, 5) is 21.6. The molecule has 0 unspecified atom stereocenters. The van der Waals surface area contributed by atoms with Crippen molar-refractivity contribution >= 4 is 34.1 Å². The van der Waals surface area contributed by atoms with Crippen LogP contribution in [0.5, 0.6) is 5.75 Å². The van der Waals surface area contributed by atoms with Crippen molar-refractivity contribution < 1.29 is 13.9 Å². The van der Waals surface area contributed by atoms with Crippen LogP contribution in [-0.2, 0) is 4.79 Å². The van der Waals surface area contributed by atoms with E-state index in [9.17, 15) is 9.18 Å². The maximum atomic E-state index is 14.0. The molecule has 150 valence electrons. The van der Waals surface area contributed by atoms with Crippen LogP contribution in [-0.4, -0.2) is 49.3 Å². The van der Waals surface area contributed by atoms with Crippen molar-refractivity contribution in [3.05, 3.63) is 64.8 Å². The fourth-order valence-corrected chi connectivity index (χ4v) is 4.53. The number of ether oxygens (including phenoxy) is 1. The molecule has 1 fully saturated rings. The number of thioether (sulfide) groups is 1. The third kappa shape index (κ3) is 4.00. The van der Waals surface area contributed by atoms with E-state index >= 15 is 0 Å². The number of anilines is 1. The molecule has 0 N–H and O–H groups in total. The van der Waals surface area contributed by atoms with Crippen LogP contribution in [0.15, 0.2) is 58.4 Å². The lowest BCUT2D eigenvalue weighted by Crippen LogP contribution is -2.48. The Balaban J connectivity index is 1.46. The molecule has 2 aliphatic heterocycles. The molecule has 0 bridgehead atoms. The van der Waals surface area contributed by atoms with E-state index in [1.807, 2.05) is 42.2 Å². The number of piperazine rings is 1. The van der Waals surface area contributed by atoms with Gasteiger partial charge in [0.05, 0.1) is 17.7 Å². The number of benzene rings is 2. The zero-order valence-corrected chi connectivity index (χ0v) is 17.2. The van der Waals surface area contributed by atoms with Crippen molar-refractivity contribution in [3.8, 4) is 5.75 Å². The summed E-state index contributed by atoms with van der Waals surface area (Å²) in [6.45, 7) is 4.69. The average Bonchev–Trinajstić information content (AvgIpc) is 3.15. The molecule has 4 rings (SSSR count). The van der Waals surface area contributed by atoms with Crippen molar-refractivity contribution in [2.45, 2.75) is 6.92 Å². The second-order valence-corrected chi connectivity index (χ2v) is 7.89. The summed E-state index contributed by atoms with van der Waals surface area (Å²) in [5, 5.41) is 0.723. The van der Waals surface area contributed by atoms with Gasteiger partial charge < -0.3 is 14.5 Å². The molecule has 0 aromatic heterocycles. The van der Waals surface area contributed by atoms with Gasteiger partial charge in [0.25, 0.3) is 5.91 Å². The quantitative estimate of drug-likeness (QED) is 0.714. The van der Waals surface area contributed by atoms with Crippen LogP contribution in [0.25, 0.3) is 5.57 Å². The Morgan fingerprint density at radius 1 is 1.07 bits per heavy atom. The summed E-state index contributed by atoms with van der Waals surface area (Å²) in [5.41, 5.74) is 2.46. The predicted octanol–water partition coefficient (Wildman–Crippen LogP) is 4.02. The third-order valence-electron chi connectivity index (χ3n) is 5.17. The molecule has 1 amide bonds. The molecular weight excluding hydrogens is 389 g/mol. The number of rotatable bonds is 3. The van der Waals surface area contributed by atoms with Crippen molar-refractivity contribution in [2.75, 3.05) is 38.2 Å². The standard InChI is InChI=1S/C22H22FN3O2S/c1-15(16-6-5-7-17(14-16)28-2)20-21(27)24-22(29-20)26-12-10-25(11-13-26)19-9-4-3-8-18(19)23/h3-9,14H,10-13H2,1-2H3/b20-15-. The Morgan fingerprint density at radius 2 is 1.79 bits per heavy atom. The highest BCUT2D eigenvalue weighted by molar-refractivity contribution is 8.18. The minimum atomic E-state index is -0.207. The highest BCUT2D eigenvalue weighted by Gasteiger charge is 2.30. The first kappa shape index (κ1) is 19.5. The Kier molecular flexibility index (Phi) is 5.58. The number of amides is 1. The molecule has 2 aromatic rings. The zero-order chi connectivity index (χ0) is 20.4. The van der Waals surface area contributed by atoms with Crippen LogP contribution in [0, 0.1) is 5.82 Å². The molecule has 1 saturated heterocycles. The summed E-state index contributed by atoms with van der Waals surface area (Å²) in [6, 6.07) is 14.5. The number of amidine groups is 1. The van der Waals surface area contributed by atoms with E-state index in [4.69, 9.17) is 4.74 Å². The summed E-state index contributed by atoms with van der Waals surface area (Å²) < 4.78 is 19.3. The molecule has 2 aliphatic rings. The lowest BCUT2D eigenvalue weighted by atomic mass is 10.1. The first-order valence-electron chi connectivity index (χ1n) is 9.47. The number of nitrogens with zero attached hydrogens (tertiary/aromatic N) is 3. The molecule has 0 atom stereocenters. The largest absolute Gasteiger partial charge is 0.497 e. The highest BCUT2D eigenvalue weighted by atomic mass is 32.2. The Hall–Kier alpha value is -2.80. The van der Waals surface area contributed by atoms with Crippen LogP contribution in [0.4, 0.5) is 10.1 Å². The predicted molar refractivity (Wildman–Crippen MR) is 116 cm³/mol. The van der Waals surface area contributed by atoms with Gasteiger partial charge in [0.2, 0.25) is 0 Å². The van der Waals surface area contributed by atoms with Crippen LogP contribution in [0.3, 0.4) is 0 Å². The number of halogens is 1. The smallest absolute Gasteiger partial charge is 0.286 e. The van der Waals surface area contributed by atoms with Crippen molar-refractivity contribution in [3.63, 3.8) is 0 Å². The molecule has 29 heavy (non-hydrogen) atoms. The number of aliphatic imine (C=N–C) groups is 1. The van der Waals surface area contributed by atoms with Gasteiger partial charge in [-0.2, -0.15) is 4.99 Å². The summed E-state index contributed by atoms with van der Waals surface area (Å²) >= 11 is 1.41. The van der Waals surface area contributed by atoms with Gasteiger partial charge >= 0.3 is 0 Å². The molecule has 2 heterocycles. The Morgan fingerprint density at radius 3 is 2.52 bits per heavy atom. The lowest BCUT2D eigenvalue weighted by Gasteiger charge is -2.36. The Bertz CT molecular complexity index is 997. The fourth-order valence-electron chi connectivity index (χ4n) is 3.50. The van der Waals surface area contributed by atoms with Crippen LogP contribution >= 0.6 is 11.8 Å². The molecule has 5 nitrogen and oxygen atoms in total. The average molecular weight is 412 g/mol. The molecule has 0 saturated carbocycles. The van der Waals surface area contributed by atoms with E-state index in [0.717, 1.165) is 22.1 Å². The Labute approximate surface area is 173 Å². The van der Waals surface area contributed by atoms with E-state index in [1.165, 1.54) is 17.8 Å². The number of carbonyl (C=O) groups excluding carboxylic acids is 1. The SMILES string of the molecule is COc1cccc(/C(C)=C2\SC(N3CCN(c4ccccc4F)CC3)=NC2=O)c1. The minimum absolute atomic E-state index is 0.206. The van der Waals surface area contributed by atoms with Crippen LogP contribution in [0.2, 0.25) is 0 Å². The van der Waals surface area contributed by atoms with Gasteiger partial charge in [0, 0.05) is 26.2 Å². The molecular formula is C22H22FN3O2S. The van der Waals surface area contributed by atoms with E-state index in [2.05, 4.69) is 9.89 Å². The van der Waals surface area contributed by atoms with Crippen molar-refractivity contribution in [1.82, 2.24) is 4.90 Å². The first-order chi connectivity index (χ1) is 14.1. The second-order valence-electron chi connectivity index (χ2n) is 6.91. The lowest BCUT2D eigenvalue weighted by molar-refractivity contribution is -0.113. The summed E-state index contributed by atoms with van der Waals surface area (Å²) in [5.74, 6) is 0.341. The number of hydrogen-bond donors (Lipinski definition) is 0. The van der Waals surface area contributed by atoms with Crippen molar-refractivity contribution in [1.29, 1.82) is 0 Å². The topological polar surface area (TPSA) is 45.1 Å². The summed E-state index contributed by atoms with van der Waals surface area (Å²) in [7, 11) is 1.62. The van der Waals surface area contributed by atoms with E-state index < -0.39 is 0 Å². The van der Waals surface area contributed by atoms with Gasteiger partial charge in [-0.15, -0.1) is 0 Å². The third-order valence-corrected chi connectivity index (χ3v) is 6.39. The van der Waals surface area contributed by atoms with Gasteiger partial charge in [-0.3, -0.25) is 4.79 Å². The van der Waals surface area contributed by atoms with Crippen LogP contribution in [0.1, 0.15) is 12.5 Å². The van der Waals surface area contributed by atoms with E-state index in [0.29, 0.717) is 36.8 Å². The van der Waals surface area contributed by atoms with Gasteiger partial charge in [0.1, 0.15) is 11.6 Å². The molecule has 0 spiro atoms. The molecule has 0 radical (unpaired) electrons. The van der Waals surface area contributed by atoms with Gasteiger partial charge in [-0.05, 0) is 54.1 Å². The van der Waals surface area contributed by atoms with Gasteiger partial charge in [-0.25, -0.2) is 4.39 Å². The zero-order valence-electron chi connectivity index (χ0n) is 16.4. The van der Waals surface area contributed by atoms with Gasteiger partial charge in [-0.1, -0.05) is 24.3 Å². The highest BCUT2D eigenvalue weighted by Crippen LogP contribution is 2.36. The monoisotopic (exact) mass is 411 g/mol. The van der Waals surface area contributed by atoms with Crippen molar-refractivity contribution in [2.24, 2.45) is 4.99 Å². The number of methoxy groups -OCH3 is 1. The summed E-state index contributed by atoms with van der Waals surface area (Å²) in [6.07, 6.45) is 0. The van der Waals surface area contributed by atoms with Crippen LogP contribution < -0.4 is 9.64 Å². The number of hydrogen-bond acceptors (Lipinski definition) is 5. The number of allylic oxidation sites excluding steroid dienone is 1. The first-order valence-corrected chi connectivity index (χ1v) is 10.3. The minimum Gasteiger partial charge on any atom is -0.497 e. The maximum absolute atomic E-state index is 14.0. The molecule has 0 aliphatic carbocycles. The molecule has 2 aromatic carbocycles. The number of carbonyl (C=O) groups is 1. The van der Waals surface area contributed by atoms with E-state index in [-0.39, 0.29) is 11.7 Å². The van der Waals surface area contributed by atoms with E-state index in [1.54, 1.807) is 19.2 Å². The number of para-hydroxylation sites is 1. The molecule has 7 heteroatoms.